The zero-order valence-electron chi connectivity index (χ0n) is 7.56. The van der Waals surface area contributed by atoms with Crippen molar-refractivity contribution < 1.29 is 14.6 Å². The van der Waals surface area contributed by atoms with Gasteiger partial charge in [0.15, 0.2) is 0 Å². The van der Waals surface area contributed by atoms with Gasteiger partial charge in [0.25, 0.3) is 0 Å². The molecule has 3 N–H and O–H groups in total. The molecule has 1 rings (SSSR count). The van der Waals surface area contributed by atoms with Crippen LogP contribution in [-0.2, 0) is 4.74 Å². The quantitative estimate of drug-likeness (QED) is 0.328. The van der Waals surface area contributed by atoms with Crippen molar-refractivity contribution in [2.75, 3.05) is 12.3 Å². The number of rotatable bonds is 3. The smallest absolute Gasteiger partial charge is 0.342 e. The molecule has 0 spiro atoms. The number of carbonyl (C=O) groups excluding carboxylic acids is 1. The van der Waals surface area contributed by atoms with Gasteiger partial charge in [-0.3, -0.25) is 0 Å². The first kappa shape index (κ1) is 10.1. The number of carbonyl (C=O) groups is 1. The Morgan fingerprint density at radius 2 is 2.36 bits per heavy atom. The molecule has 1 aromatic rings. The lowest BCUT2D eigenvalue weighted by molar-refractivity contribution is 0.0546. The average Bonchev–Trinajstić information content (AvgIpc) is 2.18. The SMILES string of the molecule is C=CCOC(=O)c1cc(N)ccc1O. The van der Waals surface area contributed by atoms with Crippen LogP contribution in [0.25, 0.3) is 0 Å². The van der Waals surface area contributed by atoms with Gasteiger partial charge < -0.3 is 15.6 Å². The Balaban J connectivity index is 2.88. The first-order valence-corrected chi connectivity index (χ1v) is 4.01. The highest BCUT2D eigenvalue weighted by Gasteiger charge is 2.11. The summed E-state index contributed by atoms with van der Waals surface area (Å²) in [6.07, 6.45) is 1.45. The molecule has 0 radical (unpaired) electrons. The third-order valence-electron chi connectivity index (χ3n) is 1.57. The molecule has 0 unspecified atom stereocenters. The fourth-order valence-corrected chi connectivity index (χ4v) is 0.930. The summed E-state index contributed by atoms with van der Waals surface area (Å²) in [6, 6.07) is 4.21. The molecule has 0 aliphatic carbocycles. The largest absolute Gasteiger partial charge is 0.507 e. The number of ether oxygens (including phenoxy) is 1. The van der Waals surface area contributed by atoms with Gasteiger partial charge >= 0.3 is 5.97 Å². The van der Waals surface area contributed by atoms with Gasteiger partial charge in [-0.2, -0.15) is 0 Å². The molecule has 1 aromatic carbocycles. The van der Waals surface area contributed by atoms with E-state index in [0.29, 0.717) is 5.69 Å². The van der Waals surface area contributed by atoms with E-state index in [1.807, 2.05) is 0 Å². The van der Waals surface area contributed by atoms with Gasteiger partial charge in [0, 0.05) is 5.69 Å². The van der Waals surface area contributed by atoms with E-state index in [9.17, 15) is 9.90 Å². The van der Waals surface area contributed by atoms with Crippen LogP contribution in [0, 0.1) is 0 Å². The minimum absolute atomic E-state index is 0.0619. The second kappa shape index (κ2) is 4.32. The topological polar surface area (TPSA) is 72.5 Å². The number of phenols is 1. The van der Waals surface area contributed by atoms with Gasteiger partial charge in [-0.25, -0.2) is 4.79 Å². The van der Waals surface area contributed by atoms with Crippen LogP contribution in [0.2, 0.25) is 0 Å². The maximum absolute atomic E-state index is 11.3. The van der Waals surface area contributed by atoms with E-state index >= 15 is 0 Å². The molecule has 0 fully saturated rings. The van der Waals surface area contributed by atoms with Crippen molar-refractivity contribution in [1.29, 1.82) is 0 Å². The Morgan fingerprint density at radius 3 is 3.00 bits per heavy atom. The standard InChI is InChI=1S/C10H11NO3/c1-2-5-14-10(13)8-6-7(11)3-4-9(8)12/h2-4,6,12H,1,5,11H2. The lowest BCUT2D eigenvalue weighted by Crippen LogP contribution is -2.05. The third kappa shape index (κ3) is 2.26. The highest BCUT2D eigenvalue weighted by atomic mass is 16.5. The molecule has 0 aliphatic heterocycles. The summed E-state index contributed by atoms with van der Waals surface area (Å²) >= 11 is 0. The Labute approximate surface area is 81.6 Å². The molecule has 4 heteroatoms. The van der Waals surface area contributed by atoms with Crippen LogP contribution in [0.5, 0.6) is 5.75 Å². The van der Waals surface area contributed by atoms with Gasteiger partial charge in [0.2, 0.25) is 0 Å². The molecule has 0 saturated heterocycles. The van der Waals surface area contributed by atoms with Gasteiger partial charge in [0.1, 0.15) is 17.9 Å². The zero-order valence-corrected chi connectivity index (χ0v) is 7.56. The summed E-state index contributed by atoms with van der Waals surface area (Å²) in [4.78, 5) is 11.3. The van der Waals surface area contributed by atoms with Crippen LogP contribution in [0.15, 0.2) is 30.9 Å². The summed E-state index contributed by atoms with van der Waals surface area (Å²) < 4.78 is 4.74. The summed E-state index contributed by atoms with van der Waals surface area (Å²) in [5.74, 6) is -0.761. The molecule has 4 nitrogen and oxygen atoms in total. The number of benzene rings is 1. The number of hydrogen-bond acceptors (Lipinski definition) is 4. The summed E-state index contributed by atoms with van der Waals surface area (Å²) in [5, 5.41) is 9.32. The molecule has 0 bridgehead atoms. The molecule has 14 heavy (non-hydrogen) atoms. The monoisotopic (exact) mass is 193 g/mol. The highest BCUT2D eigenvalue weighted by molar-refractivity contribution is 5.93. The Morgan fingerprint density at radius 1 is 1.64 bits per heavy atom. The molecule has 74 valence electrons. The maximum Gasteiger partial charge on any atom is 0.342 e. The van der Waals surface area contributed by atoms with Crippen molar-refractivity contribution in [1.82, 2.24) is 0 Å². The van der Waals surface area contributed by atoms with Gasteiger partial charge in [-0.1, -0.05) is 12.7 Å². The summed E-state index contributed by atoms with van der Waals surface area (Å²) in [6.45, 7) is 3.51. The fraction of sp³-hybridized carbons (Fsp3) is 0.100. The number of esters is 1. The van der Waals surface area contributed by atoms with E-state index in [-0.39, 0.29) is 17.9 Å². The molecular formula is C10H11NO3. The third-order valence-corrected chi connectivity index (χ3v) is 1.57. The van der Waals surface area contributed by atoms with Crippen molar-refractivity contribution in [3.8, 4) is 5.75 Å². The number of hydrogen-bond donors (Lipinski definition) is 2. The van der Waals surface area contributed by atoms with E-state index in [0.717, 1.165) is 0 Å². The Bertz CT molecular complexity index is 360. The summed E-state index contributed by atoms with van der Waals surface area (Å²) in [5.41, 5.74) is 5.91. The van der Waals surface area contributed by atoms with Crippen LogP contribution < -0.4 is 5.73 Å². The average molecular weight is 193 g/mol. The first-order valence-electron chi connectivity index (χ1n) is 4.01. The normalized spacial score (nSPS) is 9.43. The molecule has 0 amide bonds. The fourth-order valence-electron chi connectivity index (χ4n) is 0.930. The molecule has 0 atom stereocenters. The van der Waals surface area contributed by atoms with E-state index in [4.69, 9.17) is 10.5 Å². The molecule has 0 aromatic heterocycles. The summed E-state index contributed by atoms with van der Waals surface area (Å²) in [7, 11) is 0. The maximum atomic E-state index is 11.3. The number of anilines is 1. The predicted molar refractivity (Wildman–Crippen MR) is 53.0 cm³/mol. The predicted octanol–water partition coefficient (Wildman–Crippen LogP) is 1.32. The Kier molecular flexibility index (Phi) is 3.12. The van der Waals surface area contributed by atoms with Gasteiger partial charge in [-0.15, -0.1) is 0 Å². The van der Waals surface area contributed by atoms with Crippen molar-refractivity contribution in [3.05, 3.63) is 36.4 Å². The van der Waals surface area contributed by atoms with Crippen molar-refractivity contribution in [2.24, 2.45) is 0 Å². The van der Waals surface area contributed by atoms with E-state index in [1.165, 1.54) is 24.3 Å². The number of aromatic hydroxyl groups is 1. The lowest BCUT2D eigenvalue weighted by Gasteiger charge is -2.04. The second-order valence-electron chi connectivity index (χ2n) is 2.66. The van der Waals surface area contributed by atoms with E-state index in [1.54, 1.807) is 0 Å². The van der Waals surface area contributed by atoms with E-state index in [2.05, 4.69) is 6.58 Å². The second-order valence-corrected chi connectivity index (χ2v) is 2.66. The van der Waals surface area contributed by atoms with E-state index < -0.39 is 5.97 Å². The minimum atomic E-state index is -0.616. The lowest BCUT2D eigenvalue weighted by atomic mass is 10.2. The van der Waals surface area contributed by atoms with Crippen molar-refractivity contribution in [3.63, 3.8) is 0 Å². The van der Waals surface area contributed by atoms with Crippen molar-refractivity contribution in [2.45, 2.75) is 0 Å². The number of nitrogen functional groups attached to an aromatic ring is 1. The highest BCUT2D eigenvalue weighted by Crippen LogP contribution is 2.20. The van der Waals surface area contributed by atoms with Gasteiger partial charge in [0.05, 0.1) is 0 Å². The van der Waals surface area contributed by atoms with Crippen LogP contribution in [0.4, 0.5) is 5.69 Å². The van der Waals surface area contributed by atoms with Crippen LogP contribution in [-0.4, -0.2) is 17.7 Å². The molecular weight excluding hydrogens is 182 g/mol. The number of nitrogens with two attached hydrogens (primary N) is 1. The molecule has 0 heterocycles. The minimum Gasteiger partial charge on any atom is -0.507 e. The zero-order chi connectivity index (χ0) is 10.6. The van der Waals surface area contributed by atoms with Crippen LogP contribution in [0.3, 0.4) is 0 Å². The molecule has 0 saturated carbocycles. The van der Waals surface area contributed by atoms with Crippen LogP contribution in [0.1, 0.15) is 10.4 Å². The molecule has 0 aliphatic rings. The van der Waals surface area contributed by atoms with Gasteiger partial charge in [-0.05, 0) is 18.2 Å². The first-order chi connectivity index (χ1) is 6.65. The Hall–Kier alpha value is -1.97. The van der Waals surface area contributed by atoms with Crippen molar-refractivity contribution >= 4 is 11.7 Å². The number of phenolic OH excluding ortho intramolecular Hbond substituents is 1. The van der Waals surface area contributed by atoms with Crippen LogP contribution >= 0.6 is 0 Å².